The standard InChI is InChI=1S/C17H17NO2/c1-3-4-7-12-18-13-14(10-11-17(19)20-2)15-8-5-6-9-16(15)18/h1,5-6,8-11,13H,4,7,12H2,2H3/b11-10+. The number of para-hydroxylation sites is 1. The fourth-order valence-electron chi connectivity index (χ4n) is 2.17. The van der Waals surface area contributed by atoms with Gasteiger partial charge < -0.3 is 9.30 Å². The van der Waals surface area contributed by atoms with Gasteiger partial charge in [-0.05, 0) is 18.6 Å². The van der Waals surface area contributed by atoms with E-state index in [1.807, 2.05) is 24.4 Å². The minimum atomic E-state index is -0.353. The van der Waals surface area contributed by atoms with Gasteiger partial charge in [0.15, 0.2) is 0 Å². The molecular weight excluding hydrogens is 250 g/mol. The summed E-state index contributed by atoms with van der Waals surface area (Å²) in [4.78, 5) is 11.2. The Balaban J connectivity index is 2.33. The average Bonchev–Trinajstić information content (AvgIpc) is 2.83. The molecule has 0 radical (unpaired) electrons. The number of unbranched alkanes of at least 4 members (excludes halogenated alkanes) is 1. The molecule has 2 rings (SSSR count). The van der Waals surface area contributed by atoms with Crippen molar-refractivity contribution >= 4 is 22.9 Å². The van der Waals surface area contributed by atoms with E-state index in [1.165, 1.54) is 13.2 Å². The van der Waals surface area contributed by atoms with Crippen LogP contribution in [0.1, 0.15) is 18.4 Å². The number of rotatable bonds is 5. The molecule has 0 saturated heterocycles. The Kier molecular flexibility index (Phi) is 4.62. The zero-order valence-electron chi connectivity index (χ0n) is 11.5. The minimum absolute atomic E-state index is 0.353. The molecule has 0 aliphatic rings. The Labute approximate surface area is 118 Å². The highest BCUT2D eigenvalue weighted by molar-refractivity contribution is 5.94. The van der Waals surface area contributed by atoms with Gasteiger partial charge in [-0.1, -0.05) is 18.2 Å². The van der Waals surface area contributed by atoms with Gasteiger partial charge in [0.2, 0.25) is 0 Å². The lowest BCUT2D eigenvalue weighted by atomic mass is 10.1. The molecule has 0 aliphatic carbocycles. The van der Waals surface area contributed by atoms with Crippen molar-refractivity contribution in [3.8, 4) is 12.3 Å². The van der Waals surface area contributed by atoms with E-state index in [0.29, 0.717) is 0 Å². The third kappa shape index (κ3) is 3.10. The Morgan fingerprint density at radius 1 is 1.45 bits per heavy atom. The molecular formula is C17H17NO2. The molecule has 1 aromatic carbocycles. The van der Waals surface area contributed by atoms with Crippen molar-refractivity contribution in [1.82, 2.24) is 4.57 Å². The maximum absolute atomic E-state index is 11.2. The number of nitrogens with zero attached hydrogens (tertiary/aromatic N) is 1. The quantitative estimate of drug-likeness (QED) is 0.360. The summed E-state index contributed by atoms with van der Waals surface area (Å²) >= 11 is 0. The lowest BCUT2D eigenvalue weighted by molar-refractivity contribution is -0.134. The van der Waals surface area contributed by atoms with Crippen molar-refractivity contribution in [2.75, 3.05) is 7.11 Å². The highest BCUT2D eigenvalue weighted by atomic mass is 16.5. The minimum Gasteiger partial charge on any atom is -0.466 e. The molecule has 0 spiro atoms. The normalized spacial score (nSPS) is 10.8. The number of ether oxygens (including phenoxy) is 1. The van der Waals surface area contributed by atoms with Crippen molar-refractivity contribution in [3.63, 3.8) is 0 Å². The fourth-order valence-corrected chi connectivity index (χ4v) is 2.17. The molecule has 1 aromatic heterocycles. The zero-order valence-corrected chi connectivity index (χ0v) is 11.5. The molecule has 1 heterocycles. The third-order valence-corrected chi connectivity index (χ3v) is 3.14. The van der Waals surface area contributed by atoms with Crippen molar-refractivity contribution in [2.45, 2.75) is 19.4 Å². The predicted molar refractivity (Wildman–Crippen MR) is 81.1 cm³/mol. The summed E-state index contributed by atoms with van der Waals surface area (Å²) in [5.41, 5.74) is 2.15. The predicted octanol–water partition coefficient (Wildman–Crippen LogP) is 3.24. The van der Waals surface area contributed by atoms with Gasteiger partial charge in [-0.2, -0.15) is 0 Å². The van der Waals surface area contributed by atoms with Crippen molar-refractivity contribution in [3.05, 3.63) is 42.1 Å². The van der Waals surface area contributed by atoms with Crippen LogP contribution < -0.4 is 0 Å². The largest absolute Gasteiger partial charge is 0.466 e. The summed E-state index contributed by atoms with van der Waals surface area (Å²) in [7, 11) is 1.37. The zero-order chi connectivity index (χ0) is 14.4. The summed E-state index contributed by atoms with van der Waals surface area (Å²) in [6.07, 6.45) is 12.3. The van der Waals surface area contributed by atoms with Gasteiger partial charge in [-0.25, -0.2) is 4.79 Å². The molecule has 102 valence electrons. The summed E-state index contributed by atoms with van der Waals surface area (Å²) in [6, 6.07) is 8.11. The first-order valence-electron chi connectivity index (χ1n) is 6.53. The number of hydrogen-bond acceptors (Lipinski definition) is 2. The monoisotopic (exact) mass is 267 g/mol. The molecule has 3 heteroatoms. The molecule has 0 aliphatic heterocycles. The Morgan fingerprint density at radius 3 is 3.00 bits per heavy atom. The van der Waals surface area contributed by atoms with Crippen LogP contribution >= 0.6 is 0 Å². The molecule has 3 nitrogen and oxygen atoms in total. The Morgan fingerprint density at radius 2 is 2.25 bits per heavy atom. The van der Waals surface area contributed by atoms with E-state index in [2.05, 4.69) is 21.3 Å². The van der Waals surface area contributed by atoms with Gasteiger partial charge in [0, 0.05) is 41.7 Å². The number of carbonyl (C=O) groups excluding carboxylic acids is 1. The number of aryl methyl sites for hydroxylation is 1. The van der Waals surface area contributed by atoms with Gasteiger partial charge in [0.05, 0.1) is 7.11 Å². The summed E-state index contributed by atoms with van der Waals surface area (Å²) in [5, 5.41) is 1.12. The molecule has 2 aromatic rings. The number of methoxy groups -OCH3 is 1. The number of esters is 1. The first-order chi connectivity index (χ1) is 9.76. The first kappa shape index (κ1) is 14.0. The Hall–Kier alpha value is -2.47. The summed E-state index contributed by atoms with van der Waals surface area (Å²) in [5.74, 6) is 2.30. The van der Waals surface area contributed by atoms with Crippen molar-refractivity contribution in [1.29, 1.82) is 0 Å². The molecule has 0 bridgehead atoms. The van der Waals surface area contributed by atoms with Crippen LogP contribution in [0.15, 0.2) is 36.5 Å². The van der Waals surface area contributed by atoms with Crippen LogP contribution in [0.5, 0.6) is 0 Å². The smallest absolute Gasteiger partial charge is 0.330 e. The highest BCUT2D eigenvalue weighted by Crippen LogP contribution is 2.23. The van der Waals surface area contributed by atoms with Crippen LogP contribution in [0.3, 0.4) is 0 Å². The van der Waals surface area contributed by atoms with Crippen molar-refractivity contribution in [2.24, 2.45) is 0 Å². The average molecular weight is 267 g/mol. The van der Waals surface area contributed by atoms with Crippen LogP contribution in [0.4, 0.5) is 0 Å². The molecule has 0 fully saturated rings. The van der Waals surface area contributed by atoms with Crippen LogP contribution in [-0.2, 0) is 16.1 Å². The molecule has 0 unspecified atom stereocenters. The lowest BCUT2D eigenvalue weighted by Gasteiger charge is -2.02. The number of hydrogen-bond donors (Lipinski definition) is 0. The second-order valence-corrected chi connectivity index (χ2v) is 4.46. The van der Waals surface area contributed by atoms with E-state index in [9.17, 15) is 4.79 Å². The summed E-state index contributed by atoms with van der Waals surface area (Å²) in [6.45, 7) is 0.872. The SMILES string of the molecule is C#CCCCn1cc(/C=C/C(=O)OC)c2ccccc21. The second-order valence-electron chi connectivity index (χ2n) is 4.46. The van der Waals surface area contributed by atoms with Crippen LogP contribution in [-0.4, -0.2) is 17.6 Å². The van der Waals surface area contributed by atoms with Crippen molar-refractivity contribution < 1.29 is 9.53 Å². The molecule has 20 heavy (non-hydrogen) atoms. The first-order valence-corrected chi connectivity index (χ1v) is 6.53. The van der Waals surface area contributed by atoms with Gasteiger partial charge in [0.25, 0.3) is 0 Å². The van der Waals surface area contributed by atoms with Crippen LogP contribution in [0.2, 0.25) is 0 Å². The highest BCUT2D eigenvalue weighted by Gasteiger charge is 2.06. The Bertz CT molecular complexity index is 674. The lowest BCUT2D eigenvalue weighted by Crippen LogP contribution is -1.95. The topological polar surface area (TPSA) is 31.2 Å². The molecule has 0 atom stereocenters. The maximum atomic E-state index is 11.2. The second kappa shape index (κ2) is 6.63. The number of terminal acetylenes is 1. The number of fused-ring (bicyclic) bond motifs is 1. The molecule has 0 saturated carbocycles. The van der Waals surface area contributed by atoms with Gasteiger partial charge >= 0.3 is 5.97 Å². The van der Waals surface area contributed by atoms with E-state index in [0.717, 1.165) is 35.9 Å². The van der Waals surface area contributed by atoms with Gasteiger partial charge in [0.1, 0.15) is 0 Å². The number of aromatic nitrogens is 1. The van der Waals surface area contributed by atoms with E-state index in [1.54, 1.807) is 6.08 Å². The third-order valence-electron chi connectivity index (χ3n) is 3.14. The maximum Gasteiger partial charge on any atom is 0.330 e. The van der Waals surface area contributed by atoms with Crippen LogP contribution in [0, 0.1) is 12.3 Å². The number of benzene rings is 1. The summed E-state index contributed by atoms with van der Waals surface area (Å²) < 4.78 is 6.79. The van der Waals surface area contributed by atoms with E-state index in [4.69, 9.17) is 6.42 Å². The van der Waals surface area contributed by atoms with E-state index >= 15 is 0 Å². The molecule has 0 amide bonds. The van der Waals surface area contributed by atoms with Crippen LogP contribution in [0.25, 0.3) is 17.0 Å². The number of carbonyl (C=O) groups is 1. The van der Waals surface area contributed by atoms with Gasteiger partial charge in [-0.3, -0.25) is 0 Å². The van der Waals surface area contributed by atoms with E-state index < -0.39 is 0 Å². The molecule has 0 N–H and O–H groups in total. The van der Waals surface area contributed by atoms with E-state index in [-0.39, 0.29) is 5.97 Å². The van der Waals surface area contributed by atoms with Gasteiger partial charge in [-0.15, -0.1) is 12.3 Å². The fraction of sp³-hybridized carbons (Fsp3) is 0.235.